The molecule has 2 heterocycles. The largest absolute Gasteiger partial charge is 0.338 e. The van der Waals surface area contributed by atoms with Gasteiger partial charge in [-0.25, -0.2) is 22.8 Å². The average molecular weight is 445 g/mol. The standard InChI is InChI=1S/C23H26F3N5O/c1-13-8-9-30(22(32)17-6-7-20(24)18(10-17)16-4-5-16)11-19(13)15(3)31-23(27-12-28-31)29-14(2)21(25)26/h6-7,10,12-13,16,19,21H,3-5,8-9,11H2,1-2H3/b29-14+/t13-,19-/m1/s1. The molecule has 1 aliphatic heterocycles. The van der Waals surface area contributed by atoms with Crippen molar-refractivity contribution < 1.29 is 18.0 Å². The van der Waals surface area contributed by atoms with Gasteiger partial charge in [-0.15, -0.1) is 0 Å². The molecule has 9 heteroatoms. The minimum absolute atomic E-state index is 0.0380. The number of benzene rings is 1. The Morgan fingerprint density at radius 3 is 2.72 bits per heavy atom. The van der Waals surface area contributed by atoms with Crippen LogP contribution in [0.1, 0.15) is 54.9 Å². The van der Waals surface area contributed by atoms with E-state index in [-0.39, 0.29) is 41.1 Å². The molecular weight excluding hydrogens is 419 g/mol. The molecule has 6 nitrogen and oxygen atoms in total. The van der Waals surface area contributed by atoms with Crippen LogP contribution in [0.15, 0.2) is 36.1 Å². The summed E-state index contributed by atoms with van der Waals surface area (Å²) in [6.45, 7) is 8.39. The molecule has 2 aromatic rings. The van der Waals surface area contributed by atoms with E-state index in [1.165, 1.54) is 30.1 Å². The van der Waals surface area contributed by atoms with Crippen molar-refractivity contribution in [1.29, 1.82) is 0 Å². The van der Waals surface area contributed by atoms with Crippen molar-refractivity contribution >= 4 is 23.3 Å². The molecule has 0 bridgehead atoms. The molecule has 0 radical (unpaired) electrons. The van der Waals surface area contributed by atoms with Crippen LogP contribution in [0.2, 0.25) is 0 Å². The van der Waals surface area contributed by atoms with Crippen LogP contribution in [0, 0.1) is 17.7 Å². The zero-order valence-corrected chi connectivity index (χ0v) is 18.1. The van der Waals surface area contributed by atoms with Gasteiger partial charge in [-0.1, -0.05) is 13.5 Å². The topological polar surface area (TPSA) is 63.4 Å². The summed E-state index contributed by atoms with van der Waals surface area (Å²) in [5.41, 5.74) is 1.28. The monoisotopic (exact) mass is 445 g/mol. The third-order valence-corrected chi connectivity index (χ3v) is 6.33. The van der Waals surface area contributed by atoms with E-state index in [0.29, 0.717) is 29.9 Å². The molecule has 1 aromatic carbocycles. The Hall–Kier alpha value is -2.97. The fraction of sp³-hybridized carbons (Fsp3) is 0.478. The normalized spacial score (nSPS) is 21.8. The van der Waals surface area contributed by atoms with E-state index < -0.39 is 6.43 Å². The van der Waals surface area contributed by atoms with Gasteiger partial charge in [0.2, 0.25) is 0 Å². The van der Waals surface area contributed by atoms with Gasteiger partial charge in [0, 0.05) is 30.3 Å². The first-order valence-electron chi connectivity index (χ1n) is 10.8. The van der Waals surface area contributed by atoms with E-state index in [1.807, 2.05) is 0 Å². The number of likely N-dealkylation sites (tertiary alicyclic amines) is 1. The maximum absolute atomic E-state index is 14.1. The van der Waals surface area contributed by atoms with E-state index in [2.05, 4.69) is 28.6 Å². The minimum Gasteiger partial charge on any atom is -0.338 e. The lowest BCUT2D eigenvalue weighted by molar-refractivity contribution is 0.0653. The molecule has 32 heavy (non-hydrogen) atoms. The van der Waals surface area contributed by atoms with Crippen LogP contribution in [-0.4, -0.2) is 50.8 Å². The predicted molar refractivity (Wildman–Crippen MR) is 116 cm³/mol. The van der Waals surface area contributed by atoms with Gasteiger partial charge in [0.25, 0.3) is 18.3 Å². The third-order valence-electron chi connectivity index (χ3n) is 6.33. The van der Waals surface area contributed by atoms with Gasteiger partial charge in [0.05, 0.1) is 5.71 Å². The van der Waals surface area contributed by atoms with Gasteiger partial charge in [0.1, 0.15) is 12.1 Å². The van der Waals surface area contributed by atoms with Crippen LogP contribution in [0.4, 0.5) is 19.1 Å². The van der Waals surface area contributed by atoms with Crippen LogP contribution in [0.25, 0.3) is 5.70 Å². The van der Waals surface area contributed by atoms with Crippen LogP contribution in [0.3, 0.4) is 0 Å². The average Bonchev–Trinajstić information content (AvgIpc) is 3.51. The maximum Gasteiger partial charge on any atom is 0.276 e. The highest BCUT2D eigenvalue weighted by Gasteiger charge is 2.34. The highest BCUT2D eigenvalue weighted by molar-refractivity contribution is 5.94. The van der Waals surface area contributed by atoms with Gasteiger partial charge in [-0.2, -0.15) is 10.1 Å². The van der Waals surface area contributed by atoms with Gasteiger partial charge in [-0.3, -0.25) is 4.79 Å². The molecule has 170 valence electrons. The zero-order valence-electron chi connectivity index (χ0n) is 18.1. The lowest BCUT2D eigenvalue weighted by Crippen LogP contribution is -2.44. The van der Waals surface area contributed by atoms with Crippen LogP contribution < -0.4 is 0 Å². The van der Waals surface area contributed by atoms with E-state index in [9.17, 15) is 18.0 Å². The summed E-state index contributed by atoms with van der Waals surface area (Å²) < 4.78 is 41.3. The lowest BCUT2D eigenvalue weighted by Gasteiger charge is -2.38. The van der Waals surface area contributed by atoms with Crippen molar-refractivity contribution in [1.82, 2.24) is 19.7 Å². The molecule has 2 fully saturated rings. The molecule has 1 aromatic heterocycles. The second kappa shape index (κ2) is 8.88. The fourth-order valence-electron chi connectivity index (χ4n) is 4.13. The van der Waals surface area contributed by atoms with Gasteiger partial charge in [-0.05, 0) is 61.8 Å². The number of aliphatic imine (C=N–C) groups is 1. The molecule has 1 saturated carbocycles. The summed E-state index contributed by atoms with van der Waals surface area (Å²) in [5, 5.41) is 4.12. The summed E-state index contributed by atoms with van der Waals surface area (Å²) in [6, 6.07) is 4.58. The number of halogens is 3. The summed E-state index contributed by atoms with van der Waals surface area (Å²) >= 11 is 0. The van der Waals surface area contributed by atoms with Gasteiger partial charge in [0.15, 0.2) is 0 Å². The molecular formula is C23H26F3N5O. The number of hydrogen-bond acceptors (Lipinski definition) is 4. The predicted octanol–water partition coefficient (Wildman–Crippen LogP) is 4.92. The molecule has 1 aliphatic carbocycles. The van der Waals surface area contributed by atoms with Crippen molar-refractivity contribution in [3.05, 3.63) is 48.0 Å². The molecule has 1 saturated heterocycles. The van der Waals surface area contributed by atoms with E-state index in [4.69, 9.17) is 0 Å². The zero-order chi connectivity index (χ0) is 23.0. The van der Waals surface area contributed by atoms with Crippen molar-refractivity contribution in [2.75, 3.05) is 13.1 Å². The molecule has 2 aliphatic rings. The second-order valence-electron chi connectivity index (χ2n) is 8.65. The number of carbonyl (C=O) groups excluding carboxylic acids is 1. The number of amides is 1. The van der Waals surface area contributed by atoms with Crippen LogP contribution >= 0.6 is 0 Å². The number of piperidine rings is 1. The maximum atomic E-state index is 14.1. The fourth-order valence-corrected chi connectivity index (χ4v) is 4.13. The van der Waals surface area contributed by atoms with E-state index >= 15 is 0 Å². The number of nitrogens with zero attached hydrogens (tertiary/aromatic N) is 5. The first kappa shape index (κ1) is 22.2. The van der Waals surface area contributed by atoms with E-state index in [0.717, 1.165) is 19.3 Å². The van der Waals surface area contributed by atoms with Crippen molar-refractivity contribution in [3.63, 3.8) is 0 Å². The Kier molecular flexibility index (Phi) is 6.17. The third kappa shape index (κ3) is 4.47. The molecule has 2 atom stereocenters. The SMILES string of the molecule is C=C([C@@H]1CN(C(=O)c2ccc(F)c(C3CC3)c2)CC[C@H]1C)n1ncnc1/N=C(\C)C(F)F. The first-order chi connectivity index (χ1) is 15.3. The smallest absolute Gasteiger partial charge is 0.276 e. The highest BCUT2D eigenvalue weighted by Crippen LogP contribution is 2.41. The van der Waals surface area contributed by atoms with E-state index in [1.54, 1.807) is 11.0 Å². The lowest BCUT2D eigenvalue weighted by atomic mass is 9.84. The Labute approximate surface area is 184 Å². The van der Waals surface area contributed by atoms with Gasteiger partial charge >= 0.3 is 0 Å². The molecule has 0 N–H and O–H groups in total. The molecule has 0 spiro atoms. The van der Waals surface area contributed by atoms with Gasteiger partial charge < -0.3 is 4.90 Å². The summed E-state index contributed by atoms with van der Waals surface area (Å²) in [7, 11) is 0. The number of carbonyl (C=O) groups is 1. The Morgan fingerprint density at radius 2 is 2.03 bits per heavy atom. The number of hydrogen-bond donors (Lipinski definition) is 0. The van der Waals surface area contributed by atoms with Crippen molar-refractivity contribution in [3.8, 4) is 0 Å². The van der Waals surface area contributed by atoms with Crippen LogP contribution in [-0.2, 0) is 0 Å². The first-order valence-corrected chi connectivity index (χ1v) is 10.8. The Morgan fingerprint density at radius 1 is 1.28 bits per heavy atom. The number of rotatable bonds is 6. The summed E-state index contributed by atoms with van der Waals surface area (Å²) in [5.74, 6) is -0.129. The summed E-state index contributed by atoms with van der Waals surface area (Å²) in [4.78, 5) is 22.8. The molecule has 4 rings (SSSR count). The quantitative estimate of drug-likeness (QED) is 0.593. The second-order valence-corrected chi connectivity index (χ2v) is 8.65. The molecule has 0 unspecified atom stereocenters. The summed E-state index contributed by atoms with van der Waals surface area (Å²) in [6.07, 6.45) is 1.20. The van der Waals surface area contributed by atoms with Crippen molar-refractivity contribution in [2.24, 2.45) is 16.8 Å². The number of alkyl halides is 2. The Bertz CT molecular complexity index is 1060. The van der Waals surface area contributed by atoms with Crippen LogP contribution in [0.5, 0.6) is 0 Å². The number of aromatic nitrogens is 3. The minimum atomic E-state index is -2.69. The Balaban J connectivity index is 1.54. The van der Waals surface area contributed by atoms with Crippen molar-refractivity contribution in [2.45, 2.75) is 45.5 Å². The highest BCUT2D eigenvalue weighted by atomic mass is 19.3. The molecule has 1 amide bonds.